The van der Waals surface area contributed by atoms with Crippen LogP contribution in [0.4, 0.5) is 4.79 Å². The molecule has 0 saturated carbocycles. The Hall–Kier alpha value is -5.44. The van der Waals surface area contributed by atoms with Gasteiger partial charge in [0.1, 0.15) is 17.7 Å². The van der Waals surface area contributed by atoms with Crippen LogP contribution in [0.3, 0.4) is 0 Å². The van der Waals surface area contributed by atoms with E-state index in [1.807, 2.05) is 123 Å². The average Bonchev–Trinajstić information content (AvgIpc) is 3.12. The number of carbonyl (C=O) groups excluding carboxylic acids is 4. The van der Waals surface area contributed by atoms with Gasteiger partial charge in [0.25, 0.3) is 0 Å². The minimum Gasteiger partial charge on any atom is -0.444 e. The second-order valence-electron chi connectivity index (χ2n) is 15.2. The Labute approximate surface area is 314 Å². The molecular weight excluding hydrogens is 665 g/mol. The van der Waals surface area contributed by atoms with E-state index in [-0.39, 0.29) is 24.1 Å². The highest BCUT2D eigenvalue weighted by molar-refractivity contribution is 5.98. The molecule has 4 aromatic rings. The van der Waals surface area contributed by atoms with Gasteiger partial charge in [0, 0.05) is 51.5 Å². The van der Waals surface area contributed by atoms with Crippen molar-refractivity contribution in [1.29, 1.82) is 0 Å². The second kappa shape index (κ2) is 17.9. The van der Waals surface area contributed by atoms with E-state index in [9.17, 15) is 19.2 Å². The Bertz CT molecular complexity index is 1900. The molecule has 9 heteroatoms. The van der Waals surface area contributed by atoms with Crippen molar-refractivity contribution < 1.29 is 23.9 Å². The van der Waals surface area contributed by atoms with Gasteiger partial charge in [-0.2, -0.15) is 0 Å². The largest absolute Gasteiger partial charge is 0.444 e. The van der Waals surface area contributed by atoms with Crippen LogP contribution in [0, 0.1) is 0 Å². The summed E-state index contributed by atoms with van der Waals surface area (Å²) in [6.07, 6.45) is 2.47. The molecule has 0 aliphatic rings. The molecule has 0 heterocycles. The summed E-state index contributed by atoms with van der Waals surface area (Å²) in [5, 5.41) is 7.74. The monoisotopic (exact) mass is 718 g/mol. The van der Waals surface area contributed by atoms with Crippen LogP contribution in [-0.4, -0.2) is 78.0 Å². The summed E-state index contributed by atoms with van der Waals surface area (Å²) in [4.78, 5) is 58.4. The molecule has 0 aliphatic carbocycles. The maximum absolute atomic E-state index is 14.7. The van der Waals surface area contributed by atoms with Crippen LogP contribution >= 0.6 is 0 Å². The first-order chi connectivity index (χ1) is 25.1. The summed E-state index contributed by atoms with van der Waals surface area (Å²) in [6.45, 7) is 9.15. The number of likely N-dealkylation sites (N-methyl/N-ethyl adjacent to an activating group) is 3. The maximum atomic E-state index is 14.7. The van der Waals surface area contributed by atoms with Gasteiger partial charge in [0.2, 0.25) is 17.7 Å². The molecule has 0 radical (unpaired) electrons. The number of ether oxygens (including phenoxy) is 1. The van der Waals surface area contributed by atoms with Crippen molar-refractivity contribution in [2.24, 2.45) is 0 Å². The molecule has 9 nitrogen and oxygen atoms in total. The Balaban J connectivity index is 1.72. The Morgan fingerprint density at radius 3 is 1.87 bits per heavy atom. The number of hydrogen-bond acceptors (Lipinski definition) is 5. The molecule has 0 fully saturated rings. The molecule has 4 amide bonds. The molecule has 0 spiro atoms. The smallest absolute Gasteiger partial charge is 0.408 e. The van der Waals surface area contributed by atoms with Gasteiger partial charge < -0.3 is 25.2 Å². The highest BCUT2D eigenvalue weighted by Gasteiger charge is 2.36. The molecule has 0 bridgehead atoms. The van der Waals surface area contributed by atoms with Crippen molar-refractivity contribution in [3.05, 3.63) is 131 Å². The van der Waals surface area contributed by atoms with Crippen molar-refractivity contribution in [2.45, 2.75) is 83.5 Å². The fraction of sp³-hybridized carbons (Fsp3) is 0.364. The molecule has 0 saturated heterocycles. The van der Waals surface area contributed by atoms with Gasteiger partial charge in [-0.15, -0.1) is 0 Å². The summed E-state index contributed by atoms with van der Waals surface area (Å²) in [5.74, 6) is -0.981. The summed E-state index contributed by atoms with van der Waals surface area (Å²) in [5.41, 5.74) is 1.78. The Morgan fingerprint density at radius 1 is 0.698 bits per heavy atom. The lowest BCUT2D eigenvalue weighted by Gasteiger charge is -2.35. The highest BCUT2D eigenvalue weighted by atomic mass is 16.6. The summed E-state index contributed by atoms with van der Waals surface area (Å²) in [6, 6.07) is 31.5. The first-order valence-electron chi connectivity index (χ1n) is 18.1. The number of nitrogens with zero attached hydrogens (tertiary/aromatic N) is 2. The molecule has 2 atom stereocenters. The van der Waals surface area contributed by atoms with Crippen molar-refractivity contribution in [3.63, 3.8) is 0 Å². The summed E-state index contributed by atoms with van der Waals surface area (Å²) < 4.78 is 5.49. The lowest BCUT2D eigenvalue weighted by atomic mass is 9.94. The third kappa shape index (κ3) is 11.8. The number of benzene rings is 4. The lowest BCUT2D eigenvalue weighted by Crippen LogP contribution is -2.56. The van der Waals surface area contributed by atoms with Crippen LogP contribution < -0.4 is 10.6 Å². The number of carbonyl (C=O) groups is 4. The predicted octanol–water partition coefficient (Wildman–Crippen LogP) is 6.89. The number of nitrogens with one attached hydrogen (secondary N) is 2. The molecular formula is C44H54N4O5. The first-order valence-corrected chi connectivity index (χ1v) is 18.1. The van der Waals surface area contributed by atoms with Gasteiger partial charge in [-0.05, 0) is 68.5 Å². The van der Waals surface area contributed by atoms with Gasteiger partial charge in [-0.25, -0.2) is 4.79 Å². The van der Waals surface area contributed by atoms with Crippen molar-refractivity contribution in [2.75, 3.05) is 21.1 Å². The van der Waals surface area contributed by atoms with Crippen LogP contribution in [0.25, 0.3) is 10.8 Å². The first kappa shape index (κ1) is 40.3. The van der Waals surface area contributed by atoms with E-state index in [0.29, 0.717) is 24.8 Å². The SMILES string of the molecule is CNC(=O)[C@@H](Cc1ccccc1)N(C)C(=O)[C@@H](Cc1ccc2ccccc2c1)N(C)C(=O)C(=CCC(C)(C)NC(=O)OC(C)(C)C)Cc1ccccc1. The second-order valence-corrected chi connectivity index (χ2v) is 15.2. The predicted molar refractivity (Wildman–Crippen MR) is 211 cm³/mol. The minimum atomic E-state index is -0.941. The van der Waals surface area contributed by atoms with Gasteiger partial charge in [-0.3, -0.25) is 14.4 Å². The zero-order chi connectivity index (χ0) is 38.8. The Kier molecular flexibility index (Phi) is 13.6. The summed E-state index contributed by atoms with van der Waals surface area (Å²) in [7, 11) is 4.83. The standard InChI is InChI=1S/C44H54N4O5/c1-43(2,3)53-42(52)46-44(4,5)26-25-36(27-31-17-11-9-12-18-31)40(50)48(8)38(30-33-23-24-34-21-15-16-22-35(34)28-33)41(51)47(7)37(39(49)45-6)29-32-19-13-10-14-20-32/h9-25,28,37-38H,26-27,29-30H2,1-8H3,(H,45,49)(H,46,52)/t37-,38-/m1/s1. The van der Waals surface area contributed by atoms with Crippen LogP contribution in [0.2, 0.25) is 0 Å². The molecule has 4 rings (SSSR count). The van der Waals surface area contributed by atoms with Crippen LogP contribution in [0.1, 0.15) is 57.7 Å². The topological polar surface area (TPSA) is 108 Å². The zero-order valence-electron chi connectivity index (χ0n) is 32.3. The van der Waals surface area contributed by atoms with Crippen molar-refractivity contribution in [3.8, 4) is 0 Å². The number of hydrogen-bond donors (Lipinski definition) is 2. The minimum absolute atomic E-state index is 0.229. The quantitative estimate of drug-likeness (QED) is 0.138. The molecule has 0 unspecified atom stereocenters. The van der Waals surface area contributed by atoms with E-state index < -0.39 is 29.3 Å². The van der Waals surface area contributed by atoms with Crippen molar-refractivity contribution >= 4 is 34.6 Å². The van der Waals surface area contributed by atoms with E-state index in [4.69, 9.17) is 4.74 Å². The fourth-order valence-corrected chi connectivity index (χ4v) is 6.21. The molecule has 0 aromatic heterocycles. The number of fused-ring (bicyclic) bond motifs is 1. The van der Waals surface area contributed by atoms with Crippen LogP contribution in [0.5, 0.6) is 0 Å². The third-order valence-corrected chi connectivity index (χ3v) is 9.16. The molecule has 0 aliphatic heterocycles. The van der Waals surface area contributed by atoms with Crippen molar-refractivity contribution in [1.82, 2.24) is 20.4 Å². The molecule has 2 N–H and O–H groups in total. The van der Waals surface area contributed by atoms with E-state index in [0.717, 1.165) is 27.5 Å². The zero-order valence-corrected chi connectivity index (χ0v) is 32.3. The average molecular weight is 719 g/mol. The van der Waals surface area contributed by atoms with Crippen LogP contribution in [-0.2, 0) is 38.4 Å². The van der Waals surface area contributed by atoms with Gasteiger partial charge in [0.15, 0.2) is 0 Å². The normalized spacial score (nSPS) is 13.1. The van der Waals surface area contributed by atoms with E-state index in [1.54, 1.807) is 41.9 Å². The van der Waals surface area contributed by atoms with E-state index in [2.05, 4.69) is 10.6 Å². The third-order valence-electron chi connectivity index (χ3n) is 9.16. The molecule has 53 heavy (non-hydrogen) atoms. The summed E-state index contributed by atoms with van der Waals surface area (Å²) >= 11 is 0. The molecule has 280 valence electrons. The number of amides is 4. The lowest BCUT2D eigenvalue weighted by molar-refractivity contribution is -0.146. The number of alkyl carbamates (subject to hydrolysis) is 1. The van der Waals surface area contributed by atoms with Crippen LogP contribution in [0.15, 0.2) is 115 Å². The maximum Gasteiger partial charge on any atom is 0.408 e. The van der Waals surface area contributed by atoms with E-state index >= 15 is 0 Å². The molecule has 4 aromatic carbocycles. The van der Waals surface area contributed by atoms with Gasteiger partial charge in [0.05, 0.1) is 0 Å². The fourth-order valence-electron chi connectivity index (χ4n) is 6.21. The Morgan fingerprint density at radius 2 is 1.26 bits per heavy atom. The van der Waals surface area contributed by atoms with Gasteiger partial charge >= 0.3 is 6.09 Å². The van der Waals surface area contributed by atoms with E-state index in [1.165, 1.54) is 9.80 Å². The highest BCUT2D eigenvalue weighted by Crippen LogP contribution is 2.23. The number of rotatable bonds is 14. The van der Waals surface area contributed by atoms with Gasteiger partial charge in [-0.1, -0.05) is 109 Å².